The van der Waals surface area contributed by atoms with Crippen molar-refractivity contribution in [3.63, 3.8) is 0 Å². The van der Waals surface area contributed by atoms with Crippen molar-refractivity contribution in [3.05, 3.63) is 23.6 Å². The van der Waals surface area contributed by atoms with Crippen molar-refractivity contribution in [1.82, 2.24) is 4.37 Å². The Balaban J connectivity index is 2.14. The molecule has 0 radical (unpaired) electrons. The van der Waals surface area contributed by atoms with Crippen LogP contribution in [0.3, 0.4) is 0 Å². The Morgan fingerprint density at radius 2 is 2.07 bits per heavy atom. The van der Waals surface area contributed by atoms with Crippen molar-refractivity contribution in [2.75, 3.05) is 18.0 Å². The van der Waals surface area contributed by atoms with E-state index in [0.717, 1.165) is 5.52 Å². The molecule has 1 aromatic carbocycles. The predicted octanol–water partition coefficient (Wildman–Crippen LogP) is 2.90. The van der Waals surface area contributed by atoms with Gasteiger partial charge in [0.25, 0.3) is 0 Å². The normalized spacial score (nSPS) is 16.7. The van der Waals surface area contributed by atoms with E-state index >= 15 is 0 Å². The summed E-state index contributed by atoms with van der Waals surface area (Å²) in [5.41, 5.74) is 2.51. The van der Waals surface area contributed by atoms with Gasteiger partial charge in [-0.3, -0.25) is 0 Å². The molecular weight excluding hydrogens is 192 g/mol. The van der Waals surface area contributed by atoms with E-state index in [-0.39, 0.29) is 0 Å². The number of aromatic nitrogens is 1. The molecule has 3 heteroatoms. The monoisotopic (exact) mass is 204 g/mol. The van der Waals surface area contributed by atoms with Gasteiger partial charge in [-0.25, -0.2) is 0 Å². The largest absolute Gasteiger partial charge is 0.371 e. The number of fused-ring (bicyclic) bond motifs is 1. The predicted molar refractivity (Wildman–Crippen MR) is 61.1 cm³/mol. The van der Waals surface area contributed by atoms with Crippen LogP contribution in [-0.4, -0.2) is 17.5 Å². The van der Waals surface area contributed by atoms with Crippen molar-refractivity contribution in [2.24, 2.45) is 0 Å². The third-order valence-corrected chi connectivity index (χ3v) is 3.47. The van der Waals surface area contributed by atoms with Crippen LogP contribution in [0.2, 0.25) is 0 Å². The van der Waals surface area contributed by atoms with E-state index in [1.165, 1.54) is 37.0 Å². The van der Waals surface area contributed by atoms with E-state index in [0.29, 0.717) is 0 Å². The highest BCUT2D eigenvalue weighted by atomic mass is 32.1. The number of hydrogen-bond donors (Lipinski definition) is 0. The lowest BCUT2D eigenvalue weighted by Crippen LogP contribution is -2.17. The summed E-state index contributed by atoms with van der Waals surface area (Å²) < 4.78 is 4.37. The molecule has 2 aromatic rings. The summed E-state index contributed by atoms with van der Waals surface area (Å²) in [5, 5.41) is 3.47. The van der Waals surface area contributed by atoms with Crippen molar-refractivity contribution in [3.8, 4) is 0 Å². The maximum absolute atomic E-state index is 4.37. The van der Waals surface area contributed by atoms with Gasteiger partial charge < -0.3 is 4.90 Å². The van der Waals surface area contributed by atoms with Crippen molar-refractivity contribution >= 4 is 28.1 Å². The Kier molecular flexibility index (Phi) is 1.91. The van der Waals surface area contributed by atoms with Gasteiger partial charge in [0.2, 0.25) is 0 Å². The highest BCUT2D eigenvalue weighted by molar-refractivity contribution is 7.04. The molecule has 0 unspecified atom stereocenters. The SMILES string of the molecule is c1cc(N2CCCC2)c2csnc2c1. The summed E-state index contributed by atoms with van der Waals surface area (Å²) in [6.45, 7) is 2.41. The molecule has 0 aliphatic carbocycles. The Labute approximate surface area is 87.3 Å². The van der Waals surface area contributed by atoms with Crippen LogP contribution in [-0.2, 0) is 0 Å². The van der Waals surface area contributed by atoms with E-state index in [9.17, 15) is 0 Å². The molecule has 3 rings (SSSR count). The summed E-state index contributed by atoms with van der Waals surface area (Å²) in [5.74, 6) is 0. The van der Waals surface area contributed by atoms with Gasteiger partial charge in [0.15, 0.2) is 0 Å². The van der Waals surface area contributed by atoms with Crippen LogP contribution in [0.15, 0.2) is 23.6 Å². The lowest BCUT2D eigenvalue weighted by atomic mass is 10.2. The van der Waals surface area contributed by atoms with Gasteiger partial charge in [-0.2, -0.15) is 4.37 Å². The van der Waals surface area contributed by atoms with Gasteiger partial charge in [-0.1, -0.05) is 6.07 Å². The first kappa shape index (κ1) is 8.24. The van der Waals surface area contributed by atoms with Crippen LogP contribution in [0, 0.1) is 0 Å². The van der Waals surface area contributed by atoms with E-state index in [1.807, 2.05) is 0 Å². The number of anilines is 1. The highest BCUT2D eigenvalue weighted by Gasteiger charge is 2.14. The average Bonchev–Trinajstić information content (AvgIpc) is 2.88. The van der Waals surface area contributed by atoms with Gasteiger partial charge in [-0.05, 0) is 36.5 Å². The van der Waals surface area contributed by atoms with Gasteiger partial charge in [0, 0.05) is 29.5 Å². The van der Waals surface area contributed by atoms with Crippen LogP contribution in [0.5, 0.6) is 0 Å². The van der Waals surface area contributed by atoms with Gasteiger partial charge in [0.05, 0.1) is 5.52 Å². The van der Waals surface area contributed by atoms with Crippen molar-refractivity contribution < 1.29 is 0 Å². The van der Waals surface area contributed by atoms with Gasteiger partial charge >= 0.3 is 0 Å². The molecule has 0 atom stereocenters. The second kappa shape index (κ2) is 3.24. The smallest absolute Gasteiger partial charge is 0.0861 e. The molecule has 1 saturated heterocycles. The van der Waals surface area contributed by atoms with Gasteiger partial charge in [-0.15, -0.1) is 0 Å². The molecule has 1 aliphatic rings. The Morgan fingerprint density at radius 3 is 2.93 bits per heavy atom. The molecule has 0 saturated carbocycles. The molecule has 72 valence electrons. The zero-order chi connectivity index (χ0) is 9.38. The van der Waals surface area contributed by atoms with Crippen LogP contribution in [0.25, 0.3) is 10.9 Å². The number of hydrogen-bond acceptors (Lipinski definition) is 3. The summed E-state index contributed by atoms with van der Waals surface area (Å²) >= 11 is 1.55. The summed E-state index contributed by atoms with van der Waals surface area (Å²) in [6.07, 6.45) is 2.65. The average molecular weight is 204 g/mol. The number of benzene rings is 1. The first-order valence-electron chi connectivity index (χ1n) is 5.03. The minimum atomic E-state index is 1.14. The lowest BCUT2D eigenvalue weighted by Gasteiger charge is -2.18. The maximum atomic E-state index is 4.37. The maximum Gasteiger partial charge on any atom is 0.0861 e. The second-order valence-corrected chi connectivity index (χ2v) is 4.35. The molecule has 0 bridgehead atoms. The molecular formula is C11H12N2S. The molecule has 0 spiro atoms. The van der Waals surface area contributed by atoms with E-state index < -0.39 is 0 Å². The topological polar surface area (TPSA) is 16.1 Å². The molecule has 2 nitrogen and oxygen atoms in total. The van der Waals surface area contributed by atoms with Crippen molar-refractivity contribution in [2.45, 2.75) is 12.8 Å². The highest BCUT2D eigenvalue weighted by Crippen LogP contribution is 2.29. The number of nitrogens with zero attached hydrogens (tertiary/aromatic N) is 2. The molecule has 14 heavy (non-hydrogen) atoms. The molecule has 1 fully saturated rings. The first-order valence-corrected chi connectivity index (χ1v) is 5.87. The molecule has 0 N–H and O–H groups in total. The summed E-state index contributed by atoms with van der Waals surface area (Å²) in [7, 11) is 0. The molecule has 1 aromatic heterocycles. The fraction of sp³-hybridized carbons (Fsp3) is 0.364. The third-order valence-electron chi connectivity index (χ3n) is 2.83. The van der Waals surface area contributed by atoms with Crippen LogP contribution in [0.1, 0.15) is 12.8 Å². The van der Waals surface area contributed by atoms with Crippen LogP contribution in [0.4, 0.5) is 5.69 Å². The Bertz CT molecular complexity index is 443. The van der Waals surface area contributed by atoms with Crippen LogP contribution >= 0.6 is 11.5 Å². The minimum Gasteiger partial charge on any atom is -0.371 e. The van der Waals surface area contributed by atoms with E-state index in [4.69, 9.17) is 0 Å². The lowest BCUT2D eigenvalue weighted by molar-refractivity contribution is 0.949. The van der Waals surface area contributed by atoms with Crippen molar-refractivity contribution in [1.29, 1.82) is 0 Å². The third kappa shape index (κ3) is 1.20. The van der Waals surface area contributed by atoms with Gasteiger partial charge in [0.1, 0.15) is 0 Å². The summed E-state index contributed by atoms with van der Waals surface area (Å²) in [4.78, 5) is 2.47. The van der Waals surface area contributed by atoms with E-state index in [2.05, 4.69) is 32.9 Å². The second-order valence-electron chi connectivity index (χ2n) is 3.72. The zero-order valence-corrected chi connectivity index (χ0v) is 8.76. The standard InChI is InChI=1S/C11H12N2S/c1-2-7-13(6-1)11-5-3-4-10-9(11)8-14-12-10/h3-5,8H,1-2,6-7H2. The van der Waals surface area contributed by atoms with Crippen LogP contribution < -0.4 is 4.90 Å². The molecule has 2 heterocycles. The number of rotatable bonds is 1. The fourth-order valence-corrected chi connectivity index (χ4v) is 2.78. The molecule has 0 amide bonds. The van der Waals surface area contributed by atoms with E-state index in [1.54, 1.807) is 11.5 Å². The summed E-state index contributed by atoms with van der Waals surface area (Å²) in [6, 6.07) is 6.41. The Morgan fingerprint density at radius 1 is 1.21 bits per heavy atom. The first-order chi connectivity index (χ1) is 6.95. The Hall–Kier alpha value is -1.09. The zero-order valence-electron chi connectivity index (χ0n) is 7.94. The minimum absolute atomic E-state index is 1.14. The fourth-order valence-electron chi connectivity index (χ4n) is 2.11. The quantitative estimate of drug-likeness (QED) is 0.710. The molecule has 1 aliphatic heterocycles.